The predicted molar refractivity (Wildman–Crippen MR) is 64.0 cm³/mol. The predicted octanol–water partition coefficient (Wildman–Crippen LogP) is 2.09. The molecule has 1 aromatic carbocycles. The lowest BCUT2D eigenvalue weighted by Gasteiger charge is -2.38. The molecule has 2 aliphatic carbocycles. The van der Waals surface area contributed by atoms with Gasteiger partial charge in [0.15, 0.2) is 0 Å². The molecule has 3 N–H and O–H groups in total. The topological polar surface area (TPSA) is 46.2 Å². The van der Waals surface area contributed by atoms with Crippen molar-refractivity contribution in [2.24, 2.45) is 5.73 Å². The quantitative estimate of drug-likeness (QED) is 0.814. The first kappa shape index (κ1) is 10.3. The van der Waals surface area contributed by atoms with E-state index >= 15 is 0 Å². The smallest absolute Gasteiger partial charge is 0.0690 e. The molecule has 0 bridgehead atoms. The third-order valence-electron chi connectivity index (χ3n) is 4.11. The van der Waals surface area contributed by atoms with Crippen molar-refractivity contribution in [2.75, 3.05) is 0 Å². The normalized spacial score (nSPS) is 24.9. The summed E-state index contributed by atoms with van der Waals surface area (Å²) in [6, 6.07) is 8.49. The number of hydrogen-bond acceptors (Lipinski definition) is 2. The van der Waals surface area contributed by atoms with Gasteiger partial charge in [0, 0.05) is 12.0 Å². The van der Waals surface area contributed by atoms with E-state index in [1.54, 1.807) is 0 Å². The third-order valence-corrected chi connectivity index (χ3v) is 4.11. The Balaban J connectivity index is 1.82. The molecule has 0 atom stereocenters. The minimum absolute atomic E-state index is 0.0812. The summed E-state index contributed by atoms with van der Waals surface area (Å²) >= 11 is 0. The highest BCUT2D eigenvalue weighted by Gasteiger charge is 2.40. The van der Waals surface area contributed by atoms with Gasteiger partial charge in [-0.25, -0.2) is 0 Å². The Bertz CT molecular complexity index is 405. The molecule has 0 aliphatic heterocycles. The molecule has 2 nitrogen and oxygen atoms in total. The van der Waals surface area contributed by atoms with Crippen LogP contribution >= 0.6 is 0 Å². The average Bonchev–Trinajstić information content (AvgIpc) is 2.93. The molecular weight excluding hydrogens is 198 g/mol. The van der Waals surface area contributed by atoms with Crippen LogP contribution in [0, 0.1) is 0 Å². The molecule has 2 saturated carbocycles. The molecule has 0 saturated heterocycles. The van der Waals surface area contributed by atoms with Gasteiger partial charge < -0.3 is 10.8 Å². The van der Waals surface area contributed by atoms with Crippen LogP contribution in [0.2, 0.25) is 0 Å². The van der Waals surface area contributed by atoms with E-state index in [4.69, 9.17) is 5.73 Å². The number of benzene rings is 1. The molecule has 0 unspecified atom stereocenters. The fourth-order valence-corrected chi connectivity index (χ4v) is 2.54. The summed E-state index contributed by atoms with van der Waals surface area (Å²) < 4.78 is 0. The molecule has 2 aliphatic rings. The van der Waals surface area contributed by atoms with Crippen molar-refractivity contribution in [1.82, 2.24) is 0 Å². The van der Waals surface area contributed by atoms with Crippen molar-refractivity contribution in [3.8, 4) is 0 Å². The van der Waals surface area contributed by atoms with Crippen molar-refractivity contribution in [2.45, 2.75) is 49.7 Å². The SMILES string of the molecule is NC1(c2cccc(CC3(O)CC3)c2)CCC1. The third kappa shape index (κ3) is 1.76. The number of aliphatic hydroxyl groups is 1. The van der Waals surface area contributed by atoms with E-state index in [-0.39, 0.29) is 5.54 Å². The Morgan fingerprint density at radius 3 is 2.50 bits per heavy atom. The maximum absolute atomic E-state index is 9.92. The Morgan fingerprint density at radius 1 is 1.19 bits per heavy atom. The highest BCUT2D eigenvalue weighted by molar-refractivity contribution is 5.32. The first-order chi connectivity index (χ1) is 7.60. The molecule has 0 heterocycles. The van der Waals surface area contributed by atoms with Gasteiger partial charge in [0.25, 0.3) is 0 Å². The standard InChI is InChI=1S/C14H19NO/c15-14(5-2-6-14)12-4-1-3-11(9-12)10-13(16)7-8-13/h1,3-4,9,16H,2,5-8,10,15H2. The highest BCUT2D eigenvalue weighted by atomic mass is 16.3. The fourth-order valence-electron chi connectivity index (χ4n) is 2.54. The van der Waals surface area contributed by atoms with Gasteiger partial charge in [0.1, 0.15) is 0 Å². The molecule has 16 heavy (non-hydrogen) atoms. The zero-order valence-corrected chi connectivity index (χ0v) is 9.58. The van der Waals surface area contributed by atoms with Crippen LogP contribution < -0.4 is 5.73 Å². The van der Waals surface area contributed by atoms with Gasteiger partial charge in [-0.1, -0.05) is 24.3 Å². The van der Waals surface area contributed by atoms with Gasteiger partial charge in [-0.2, -0.15) is 0 Å². The highest BCUT2D eigenvalue weighted by Crippen LogP contribution is 2.41. The second kappa shape index (κ2) is 3.31. The minimum atomic E-state index is -0.403. The molecule has 0 aromatic heterocycles. The first-order valence-corrected chi connectivity index (χ1v) is 6.20. The van der Waals surface area contributed by atoms with E-state index in [1.165, 1.54) is 17.5 Å². The van der Waals surface area contributed by atoms with E-state index < -0.39 is 5.60 Å². The van der Waals surface area contributed by atoms with Crippen LogP contribution in [0.15, 0.2) is 24.3 Å². The molecule has 2 fully saturated rings. The Morgan fingerprint density at radius 2 is 1.94 bits per heavy atom. The zero-order chi connectivity index (χ0) is 11.2. The Hall–Kier alpha value is -0.860. The van der Waals surface area contributed by atoms with Gasteiger partial charge in [0.2, 0.25) is 0 Å². The van der Waals surface area contributed by atoms with Crippen LogP contribution in [0.25, 0.3) is 0 Å². The van der Waals surface area contributed by atoms with E-state index in [1.807, 2.05) is 0 Å². The van der Waals surface area contributed by atoms with Gasteiger partial charge >= 0.3 is 0 Å². The Labute approximate surface area is 96.5 Å². The number of rotatable bonds is 3. The van der Waals surface area contributed by atoms with Gasteiger partial charge in [-0.3, -0.25) is 0 Å². The Kier molecular flexibility index (Phi) is 2.13. The zero-order valence-electron chi connectivity index (χ0n) is 9.58. The van der Waals surface area contributed by atoms with Gasteiger partial charge in [-0.15, -0.1) is 0 Å². The van der Waals surface area contributed by atoms with Crippen LogP contribution in [-0.4, -0.2) is 10.7 Å². The maximum Gasteiger partial charge on any atom is 0.0690 e. The van der Waals surface area contributed by atoms with E-state index in [0.29, 0.717) is 0 Å². The summed E-state index contributed by atoms with van der Waals surface area (Å²) in [5.41, 5.74) is 8.31. The number of nitrogens with two attached hydrogens (primary N) is 1. The van der Waals surface area contributed by atoms with Crippen LogP contribution in [0.1, 0.15) is 43.2 Å². The largest absolute Gasteiger partial charge is 0.390 e. The monoisotopic (exact) mass is 217 g/mol. The first-order valence-electron chi connectivity index (χ1n) is 6.20. The molecular formula is C14H19NO. The summed E-state index contributed by atoms with van der Waals surface area (Å²) in [5.74, 6) is 0. The number of hydrogen-bond donors (Lipinski definition) is 2. The van der Waals surface area contributed by atoms with Crippen molar-refractivity contribution in [3.63, 3.8) is 0 Å². The van der Waals surface area contributed by atoms with Crippen molar-refractivity contribution >= 4 is 0 Å². The molecule has 86 valence electrons. The summed E-state index contributed by atoms with van der Waals surface area (Å²) in [6.07, 6.45) is 6.12. The van der Waals surface area contributed by atoms with E-state index in [9.17, 15) is 5.11 Å². The van der Waals surface area contributed by atoms with Crippen molar-refractivity contribution in [1.29, 1.82) is 0 Å². The van der Waals surface area contributed by atoms with Crippen molar-refractivity contribution < 1.29 is 5.11 Å². The van der Waals surface area contributed by atoms with Crippen LogP contribution in [-0.2, 0) is 12.0 Å². The summed E-state index contributed by atoms with van der Waals surface area (Å²) in [7, 11) is 0. The molecule has 2 heteroatoms. The van der Waals surface area contributed by atoms with Gasteiger partial charge in [0.05, 0.1) is 5.60 Å². The molecule has 0 spiro atoms. The molecule has 0 radical (unpaired) electrons. The molecule has 1 aromatic rings. The van der Waals surface area contributed by atoms with E-state index in [2.05, 4.69) is 24.3 Å². The second-order valence-corrected chi connectivity index (χ2v) is 5.61. The molecule has 3 rings (SSSR count). The lowest BCUT2D eigenvalue weighted by atomic mass is 9.72. The van der Waals surface area contributed by atoms with Gasteiger partial charge in [-0.05, 0) is 43.2 Å². The maximum atomic E-state index is 9.92. The second-order valence-electron chi connectivity index (χ2n) is 5.61. The average molecular weight is 217 g/mol. The summed E-state index contributed by atoms with van der Waals surface area (Å²) in [4.78, 5) is 0. The summed E-state index contributed by atoms with van der Waals surface area (Å²) in [6.45, 7) is 0. The summed E-state index contributed by atoms with van der Waals surface area (Å²) in [5, 5.41) is 9.92. The van der Waals surface area contributed by atoms with E-state index in [0.717, 1.165) is 32.1 Å². The lowest BCUT2D eigenvalue weighted by molar-refractivity contribution is 0.151. The van der Waals surface area contributed by atoms with Crippen LogP contribution in [0.5, 0.6) is 0 Å². The minimum Gasteiger partial charge on any atom is -0.390 e. The van der Waals surface area contributed by atoms with Crippen LogP contribution in [0.3, 0.4) is 0 Å². The lowest BCUT2D eigenvalue weighted by Crippen LogP contribution is -2.43. The van der Waals surface area contributed by atoms with Crippen molar-refractivity contribution in [3.05, 3.63) is 35.4 Å². The van der Waals surface area contributed by atoms with Crippen LogP contribution in [0.4, 0.5) is 0 Å². The molecule has 0 amide bonds. The fraction of sp³-hybridized carbons (Fsp3) is 0.571.